The van der Waals surface area contributed by atoms with Crippen molar-refractivity contribution >= 4 is 23.9 Å². The van der Waals surface area contributed by atoms with Crippen LogP contribution in [-0.4, -0.2) is 55.2 Å². The van der Waals surface area contributed by atoms with Gasteiger partial charge in [-0.05, 0) is 70.8 Å². The van der Waals surface area contributed by atoms with Crippen LogP contribution in [0.15, 0.2) is 41.7 Å². The van der Waals surface area contributed by atoms with E-state index in [2.05, 4.69) is 64.1 Å². The Balaban J connectivity index is 0.000000293. The monoisotopic (exact) mass is 530 g/mol. The Hall–Kier alpha value is -2.59. The Morgan fingerprint density at radius 2 is 1.89 bits per heavy atom. The number of carbonyl (C=O) groups excluding carboxylic acids is 2. The number of nitrogens with one attached hydrogen (secondary N) is 3. The summed E-state index contributed by atoms with van der Waals surface area (Å²) in [6.07, 6.45) is 5.87. The minimum absolute atomic E-state index is 0.0902. The zero-order valence-corrected chi connectivity index (χ0v) is 24.5. The highest BCUT2D eigenvalue weighted by Crippen LogP contribution is 2.28. The van der Waals surface area contributed by atoms with Crippen LogP contribution in [0.3, 0.4) is 0 Å². The molecule has 0 bridgehead atoms. The van der Waals surface area contributed by atoms with Gasteiger partial charge in [0.15, 0.2) is 0 Å². The maximum absolute atomic E-state index is 10.7. The molecule has 2 aromatic rings. The molecule has 1 fully saturated rings. The van der Waals surface area contributed by atoms with Crippen LogP contribution in [-0.2, 0) is 9.59 Å². The first-order valence-electron chi connectivity index (χ1n) is 12.7. The number of aldehydes is 2. The van der Waals surface area contributed by atoms with E-state index in [9.17, 15) is 9.59 Å². The first-order chi connectivity index (χ1) is 17.5. The zero-order chi connectivity index (χ0) is 28.0. The van der Waals surface area contributed by atoms with Crippen LogP contribution in [0.25, 0.3) is 10.4 Å². The van der Waals surface area contributed by atoms with Crippen LogP contribution in [0, 0.1) is 12.3 Å². The Bertz CT molecular complexity index is 968. The number of nitrogens with zero attached hydrogens (tertiary/aromatic N) is 2. The molecule has 0 radical (unpaired) electrons. The van der Waals surface area contributed by atoms with Gasteiger partial charge in [0.05, 0.1) is 28.2 Å². The van der Waals surface area contributed by atoms with Gasteiger partial charge in [0.25, 0.3) is 0 Å². The number of carbonyl (C=O) groups is 2. The molecular weight excluding hydrogens is 484 g/mol. The maximum Gasteiger partial charge on any atom is 0.142 e. The van der Waals surface area contributed by atoms with Gasteiger partial charge in [-0.3, -0.25) is 10.7 Å². The standard InChI is InChI=1S/C13H16N2S.C9H19N3O.C6H11NO/c1-9(14-3)11-4-6-12(7-5-11)13-10(2)15-8-16-13;1-7(12-10)5-11-8(6-13)9(2,3)4;1-7-4-2-3-6(7)5-8/h4-9,14H,1-3H3;5-6,8,11-12H,10H2,1-4H3;5-6H,2-4H2,1H3/b;7-5-;. The zero-order valence-electron chi connectivity index (χ0n) is 23.7. The average Bonchev–Trinajstić information content (AvgIpc) is 3.51. The molecule has 1 aromatic heterocycles. The fourth-order valence-electron chi connectivity index (χ4n) is 3.53. The van der Waals surface area contributed by atoms with Crippen LogP contribution in [0.5, 0.6) is 0 Å². The molecule has 0 amide bonds. The van der Waals surface area contributed by atoms with E-state index in [0.717, 1.165) is 36.9 Å². The summed E-state index contributed by atoms with van der Waals surface area (Å²) in [5.74, 6) is 5.16. The van der Waals surface area contributed by atoms with Gasteiger partial charge >= 0.3 is 0 Å². The van der Waals surface area contributed by atoms with Gasteiger partial charge in [-0.1, -0.05) is 45.0 Å². The van der Waals surface area contributed by atoms with Gasteiger partial charge in [0, 0.05) is 17.9 Å². The Morgan fingerprint density at radius 1 is 1.24 bits per heavy atom. The largest absolute Gasteiger partial charge is 0.380 e. The molecule has 0 aliphatic carbocycles. The van der Waals surface area contributed by atoms with Crippen LogP contribution >= 0.6 is 11.3 Å². The molecule has 1 aromatic carbocycles. The number of hydrazine groups is 1. The van der Waals surface area contributed by atoms with E-state index in [1.807, 2.05) is 47.3 Å². The van der Waals surface area contributed by atoms with Crippen LogP contribution < -0.4 is 21.9 Å². The lowest BCUT2D eigenvalue weighted by molar-refractivity contribution is -0.112. The van der Waals surface area contributed by atoms with Crippen molar-refractivity contribution in [3.8, 4) is 10.4 Å². The number of hydrogen-bond donors (Lipinski definition) is 4. The predicted octanol–water partition coefficient (Wildman–Crippen LogP) is 4.19. The van der Waals surface area contributed by atoms with Crippen molar-refractivity contribution in [3.05, 3.63) is 52.9 Å². The van der Waals surface area contributed by atoms with Crippen LogP contribution in [0.1, 0.15) is 64.8 Å². The van der Waals surface area contributed by atoms with Crippen molar-refractivity contribution in [2.24, 2.45) is 11.3 Å². The summed E-state index contributed by atoms with van der Waals surface area (Å²) in [5.41, 5.74) is 8.75. The summed E-state index contributed by atoms with van der Waals surface area (Å²) < 4.78 is 0. The topological polar surface area (TPSA) is 112 Å². The molecule has 206 valence electrons. The molecule has 5 N–H and O–H groups in total. The van der Waals surface area contributed by atoms with Crippen molar-refractivity contribution in [1.82, 2.24) is 25.9 Å². The second-order valence-electron chi connectivity index (χ2n) is 10.3. The Kier molecular flexibility index (Phi) is 14.3. The number of nitrogens with two attached hydrogens (primary N) is 1. The summed E-state index contributed by atoms with van der Waals surface area (Å²) in [5, 5.41) is 6.22. The number of allylic oxidation sites excluding steroid dienone is 1. The molecular formula is C28H46N6O2S. The van der Waals surface area contributed by atoms with Crippen molar-refractivity contribution in [1.29, 1.82) is 0 Å². The van der Waals surface area contributed by atoms with E-state index in [-0.39, 0.29) is 17.5 Å². The third-order valence-electron chi connectivity index (χ3n) is 6.36. The molecule has 0 saturated carbocycles. The fraction of sp³-hybridized carbons (Fsp3) is 0.536. The first kappa shape index (κ1) is 32.4. The first-order valence-corrected chi connectivity index (χ1v) is 13.5. The summed E-state index contributed by atoms with van der Waals surface area (Å²) >= 11 is 1.70. The SMILES string of the molecule is C/C(=C/NC(C=O)C(C)(C)C)NN.CN1CCCC1C=O.CNC(C)c1ccc(-c2scnc2C)cc1. The van der Waals surface area contributed by atoms with E-state index in [4.69, 9.17) is 5.84 Å². The number of thiazole rings is 1. The molecule has 3 unspecified atom stereocenters. The van der Waals surface area contributed by atoms with E-state index < -0.39 is 0 Å². The minimum atomic E-state index is -0.198. The summed E-state index contributed by atoms with van der Waals surface area (Å²) in [4.78, 5) is 28.5. The third kappa shape index (κ3) is 11.1. The van der Waals surface area contributed by atoms with Gasteiger partial charge in [-0.2, -0.15) is 0 Å². The number of rotatable bonds is 8. The molecule has 9 heteroatoms. The smallest absolute Gasteiger partial charge is 0.142 e. The number of likely N-dealkylation sites (tertiary alicyclic amines) is 1. The average molecular weight is 531 g/mol. The van der Waals surface area contributed by atoms with Gasteiger partial charge < -0.3 is 25.6 Å². The van der Waals surface area contributed by atoms with Gasteiger partial charge in [-0.25, -0.2) is 4.98 Å². The van der Waals surface area contributed by atoms with E-state index in [1.165, 1.54) is 22.4 Å². The highest BCUT2D eigenvalue weighted by atomic mass is 32.1. The summed E-state index contributed by atoms with van der Waals surface area (Å²) in [7, 11) is 3.97. The van der Waals surface area contributed by atoms with Gasteiger partial charge in [0.2, 0.25) is 0 Å². The normalized spacial score (nSPS) is 17.4. The molecule has 1 saturated heterocycles. The molecule has 3 atom stereocenters. The van der Waals surface area contributed by atoms with Gasteiger partial charge in [0.1, 0.15) is 12.6 Å². The summed E-state index contributed by atoms with van der Waals surface area (Å²) in [6, 6.07) is 9.11. The van der Waals surface area contributed by atoms with Gasteiger partial charge in [-0.15, -0.1) is 11.3 Å². The Morgan fingerprint density at radius 3 is 2.27 bits per heavy atom. The van der Waals surface area contributed by atoms with E-state index in [0.29, 0.717) is 6.04 Å². The lowest BCUT2D eigenvalue weighted by Gasteiger charge is -2.26. The second kappa shape index (κ2) is 16.3. The highest BCUT2D eigenvalue weighted by Gasteiger charge is 2.22. The van der Waals surface area contributed by atoms with Crippen molar-refractivity contribution in [3.63, 3.8) is 0 Å². The quantitative estimate of drug-likeness (QED) is 0.228. The second-order valence-corrected chi connectivity index (χ2v) is 11.2. The molecule has 8 nitrogen and oxygen atoms in total. The predicted molar refractivity (Wildman–Crippen MR) is 155 cm³/mol. The van der Waals surface area contributed by atoms with Crippen molar-refractivity contribution in [2.45, 2.75) is 72.5 Å². The molecule has 1 aliphatic rings. The molecule has 1 aliphatic heterocycles. The van der Waals surface area contributed by atoms with Crippen LogP contribution in [0.2, 0.25) is 0 Å². The maximum atomic E-state index is 10.7. The number of likely N-dealkylation sites (N-methyl/N-ethyl adjacent to an activating group) is 1. The lowest BCUT2D eigenvalue weighted by Crippen LogP contribution is -2.39. The molecule has 0 spiro atoms. The van der Waals surface area contributed by atoms with E-state index in [1.54, 1.807) is 17.5 Å². The molecule has 37 heavy (non-hydrogen) atoms. The highest BCUT2D eigenvalue weighted by molar-refractivity contribution is 7.13. The number of aryl methyl sites for hydroxylation is 1. The van der Waals surface area contributed by atoms with E-state index >= 15 is 0 Å². The van der Waals surface area contributed by atoms with Crippen molar-refractivity contribution < 1.29 is 9.59 Å². The third-order valence-corrected chi connectivity index (χ3v) is 7.34. The fourth-order valence-corrected chi connectivity index (χ4v) is 4.34. The van der Waals surface area contributed by atoms with Crippen molar-refractivity contribution in [2.75, 3.05) is 20.6 Å². The lowest BCUT2D eigenvalue weighted by atomic mass is 9.88. The van der Waals surface area contributed by atoms with Crippen LogP contribution in [0.4, 0.5) is 0 Å². The number of benzene rings is 1. The minimum Gasteiger partial charge on any atom is -0.380 e. The summed E-state index contributed by atoms with van der Waals surface area (Å²) in [6.45, 7) is 13.1. The number of aromatic nitrogens is 1. The molecule has 2 heterocycles. The molecule has 3 rings (SSSR count). The number of hydrogen-bond acceptors (Lipinski definition) is 9. The Labute approximate surface area is 227 Å².